The minimum absolute atomic E-state index is 0. The molecule has 2 aromatic carbocycles. The number of pyridine rings is 1. The molecule has 1 amide bonds. The number of hydrogen-bond acceptors (Lipinski definition) is 5. The second-order valence-electron chi connectivity index (χ2n) is 10.9. The number of aryl methyl sites for hydroxylation is 1. The molecule has 0 aliphatic heterocycles. The fourth-order valence-corrected chi connectivity index (χ4v) is 5.56. The Morgan fingerprint density at radius 1 is 1.02 bits per heavy atom. The van der Waals surface area contributed by atoms with Crippen LogP contribution in [0.5, 0.6) is 5.75 Å². The molecule has 7 nitrogen and oxygen atoms in total. The molecule has 4 rings (SSSR count). The number of rotatable bonds is 11. The summed E-state index contributed by atoms with van der Waals surface area (Å²) in [5.41, 5.74) is 3.87. The Morgan fingerprint density at radius 3 is 2.40 bits per heavy atom. The van der Waals surface area contributed by atoms with Crippen LogP contribution in [0.1, 0.15) is 61.0 Å². The van der Waals surface area contributed by atoms with Crippen LogP contribution in [0, 0.1) is 6.92 Å². The summed E-state index contributed by atoms with van der Waals surface area (Å²) in [5.74, 6) is -0.715. The quantitative estimate of drug-likeness (QED) is 0.212. The van der Waals surface area contributed by atoms with Crippen LogP contribution in [-0.2, 0) is 4.79 Å². The molecule has 1 heterocycles. The number of amides is 1. The van der Waals surface area contributed by atoms with E-state index in [1.807, 2.05) is 63.5 Å². The highest BCUT2D eigenvalue weighted by Crippen LogP contribution is 2.37. The minimum atomic E-state index is -0.912. The first kappa shape index (κ1) is 35.4. The number of carboxylic acids is 1. The molecular formula is C32H40Cl3N3O4. The number of hydrogen-bond donors (Lipinski definition) is 2. The molecule has 0 saturated heterocycles. The van der Waals surface area contributed by atoms with E-state index in [2.05, 4.69) is 10.2 Å². The normalized spacial score (nSPS) is 13.9. The van der Waals surface area contributed by atoms with E-state index >= 15 is 0 Å². The molecule has 228 valence electrons. The third kappa shape index (κ3) is 9.08. The number of benzene rings is 2. The Balaban J connectivity index is 0.00000308. The highest BCUT2D eigenvalue weighted by molar-refractivity contribution is 6.32. The number of nitrogens with zero attached hydrogens (tertiary/aromatic N) is 2. The average Bonchev–Trinajstić information content (AvgIpc) is 2.92. The van der Waals surface area contributed by atoms with Crippen molar-refractivity contribution in [2.45, 2.75) is 57.4 Å². The fraction of sp³-hybridized carbons (Fsp3) is 0.406. The lowest BCUT2D eigenvalue weighted by Gasteiger charge is -2.36. The highest BCUT2D eigenvalue weighted by Gasteiger charge is 2.36. The molecule has 0 atom stereocenters. The molecule has 0 bridgehead atoms. The van der Waals surface area contributed by atoms with Gasteiger partial charge < -0.3 is 20.1 Å². The number of aromatic nitrogens is 1. The van der Waals surface area contributed by atoms with Crippen LogP contribution in [0.15, 0.2) is 54.6 Å². The SMILES string of the molecule is Cc1ccccc1-c1ccc(C(=O)NC2(CC(=O)O)CCCCC2)nc1-c1ccc(Cl)c(OCCCN(C)C)c1.Cl.Cl. The number of aliphatic carboxylic acids is 1. The zero-order chi connectivity index (χ0) is 28.7. The topological polar surface area (TPSA) is 91.8 Å². The second kappa shape index (κ2) is 16.1. The van der Waals surface area contributed by atoms with Gasteiger partial charge in [0.2, 0.25) is 0 Å². The molecule has 1 aliphatic rings. The number of nitrogens with one attached hydrogen (secondary N) is 1. The van der Waals surface area contributed by atoms with Crippen molar-refractivity contribution in [1.82, 2.24) is 15.2 Å². The van der Waals surface area contributed by atoms with Crippen LogP contribution >= 0.6 is 36.4 Å². The van der Waals surface area contributed by atoms with Crippen molar-refractivity contribution in [2.24, 2.45) is 0 Å². The Hall–Kier alpha value is -2.84. The van der Waals surface area contributed by atoms with Gasteiger partial charge in [0.05, 0.1) is 29.3 Å². The maximum Gasteiger partial charge on any atom is 0.305 e. The van der Waals surface area contributed by atoms with Gasteiger partial charge in [-0.15, -0.1) is 24.8 Å². The van der Waals surface area contributed by atoms with E-state index in [1.54, 1.807) is 12.1 Å². The van der Waals surface area contributed by atoms with Crippen molar-refractivity contribution in [3.05, 3.63) is 70.9 Å². The summed E-state index contributed by atoms with van der Waals surface area (Å²) in [5, 5.41) is 13.1. The Labute approximate surface area is 265 Å². The Morgan fingerprint density at radius 2 is 1.74 bits per heavy atom. The standard InChI is InChI=1S/C32H38ClN3O4.2ClH/c1-22-10-5-6-11-24(22)25-13-15-27(31(39)35-32(21-29(37)38)16-7-4-8-17-32)34-30(25)23-12-14-26(33)28(20-23)40-19-9-18-36(2)3;;/h5-6,10-15,20H,4,7-9,16-19,21H2,1-3H3,(H,35,39)(H,37,38);2*1H. The summed E-state index contributed by atoms with van der Waals surface area (Å²) < 4.78 is 6.03. The number of ether oxygens (including phenoxy) is 1. The molecule has 10 heteroatoms. The van der Waals surface area contributed by atoms with Crippen molar-refractivity contribution >= 4 is 48.3 Å². The van der Waals surface area contributed by atoms with E-state index in [0.717, 1.165) is 54.5 Å². The van der Waals surface area contributed by atoms with E-state index in [1.165, 1.54) is 0 Å². The van der Waals surface area contributed by atoms with E-state index in [4.69, 9.17) is 21.3 Å². The molecule has 1 saturated carbocycles. The zero-order valence-electron chi connectivity index (χ0n) is 24.3. The predicted octanol–water partition coefficient (Wildman–Crippen LogP) is 7.46. The van der Waals surface area contributed by atoms with E-state index in [0.29, 0.717) is 35.9 Å². The van der Waals surface area contributed by atoms with Crippen molar-refractivity contribution < 1.29 is 19.4 Å². The molecule has 0 spiro atoms. The third-order valence-corrected chi connectivity index (χ3v) is 7.77. The first-order valence-electron chi connectivity index (χ1n) is 13.9. The van der Waals surface area contributed by atoms with Gasteiger partial charge in [-0.1, -0.05) is 61.2 Å². The molecule has 0 unspecified atom stereocenters. The fourth-order valence-electron chi connectivity index (χ4n) is 5.39. The number of carboxylic acid groups (broad SMARTS) is 1. The van der Waals surface area contributed by atoms with Gasteiger partial charge >= 0.3 is 5.97 Å². The monoisotopic (exact) mass is 635 g/mol. The number of carbonyl (C=O) groups is 2. The summed E-state index contributed by atoms with van der Waals surface area (Å²) in [6.07, 6.45) is 4.87. The van der Waals surface area contributed by atoms with Crippen LogP contribution in [0.4, 0.5) is 0 Å². The maximum absolute atomic E-state index is 13.5. The lowest BCUT2D eigenvalue weighted by molar-refractivity contribution is -0.139. The first-order valence-corrected chi connectivity index (χ1v) is 14.2. The van der Waals surface area contributed by atoms with Gasteiger partial charge in [0.15, 0.2) is 0 Å². The van der Waals surface area contributed by atoms with Gasteiger partial charge in [-0.2, -0.15) is 0 Å². The smallest absolute Gasteiger partial charge is 0.305 e. The minimum Gasteiger partial charge on any atom is -0.492 e. The molecule has 3 aromatic rings. The van der Waals surface area contributed by atoms with Crippen LogP contribution < -0.4 is 10.1 Å². The Kier molecular flexibility index (Phi) is 13.6. The van der Waals surface area contributed by atoms with Gasteiger partial charge in [-0.05, 0) is 75.7 Å². The van der Waals surface area contributed by atoms with Gasteiger partial charge in [0, 0.05) is 17.7 Å². The van der Waals surface area contributed by atoms with Crippen LogP contribution in [0.3, 0.4) is 0 Å². The van der Waals surface area contributed by atoms with Crippen molar-refractivity contribution in [3.8, 4) is 28.1 Å². The summed E-state index contributed by atoms with van der Waals surface area (Å²) >= 11 is 6.49. The number of carbonyl (C=O) groups excluding carboxylic acids is 1. The van der Waals surface area contributed by atoms with E-state index in [-0.39, 0.29) is 42.8 Å². The molecule has 0 radical (unpaired) electrons. The summed E-state index contributed by atoms with van der Waals surface area (Å²) in [4.78, 5) is 32.2. The molecule has 42 heavy (non-hydrogen) atoms. The van der Waals surface area contributed by atoms with Crippen molar-refractivity contribution in [2.75, 3.05) is 27.2 Å². The van der Waals surface area contributed by atoms with Gasteiger partial charge in [-0.25, -0.2) is 4.98 Å². The first-order chi connectivity index (χ1) is 19.2. The van der Waals surface area contributed by atoms with Crippen LogP contribution in [0.25, 0.3) is 22.4 Å². The van der Waals surface area contributed by atoms with E-state index in [9.17, 15) is 14.7 Å². The molecule has 1 aromatic heterocycles. The van der Waals surface area contributed by atoms with Gasteiger partial charge in [-0.3, -0.25) is 9.59 Å². The lowest BCUT2D eigenvalue weighted by atomic mass is 9.79. The molecule has 1 fully saturated rings. The number of halogens is 3. The molecular weight excluding hydrogens is 597 g/mol. The average molecular weight is 637 g/mol. The maximum atomic E-state index is 13.5. The summed E-state index contributed by atoms with van der Waals surface area (Å²) in [6, 6.07) is 17.2. The van der Waals surface area contributed by atoms with Crippen molar-refractivity contribution in [1.29, 1.82) is 0 Å². The molecule has 2 N–H and O–H groups in total. The Bertz CT molecular complexity index is 1360. The van der Waals surface area contributed by atoms with Crippen molar-refractivity contribution in [3.63, 3.8) is 0 Å². The summed E-state index contributed by atoms with van der Waals surface area (Å²) in [6.45, 7) is 3.46. The van der Waals surface area contributed by atoms with E-state index < -0.39 is 11.5 Å². The zero-order valence-corrected chi connectivity index (χ0v) is 26.7. The summed E-state index contributed by atoms with van der Waals surface area (Å²) in [7, 11) is 4.04. The van der Waals surface area contributed by atoms with Gasteiger partial charge in [0.25, 0.3) is 5.91 Å². The van der Waals surface area contributed by atoms with Crippen LogP contribution in [-0.4, -0.2) is 59.7 Å². The third-order valence-electron chi connectivity index (χ3n) is 7.45. The highest BCUT2D eigenvalue weighted by atomic mass is 35.5. The van der Waals surface area contributed by atoms with Crippen LogP contribution in [0.2, 0.25) is 5.02 Å². The molecule has 1 aliphatic carbocycles. The van der Waals surface area contributed by atoms with Gasteiger partial charge in [0.1, 0.15) is 11.4 Å². The second-order valence-corrected chi connectivity index (χ2v) is 11.3. The lowest BCUT2D eigenvalue weighted by Crippen LogP contribution is -2.51. The predicted molar refractivity (Wildman–Crippen MR) is 174 cm³/mol. The largest absolute Gasteiger partial charge is 0.492 e.